The molecular formula is C68H117NO18. The molecule has 0 radical (unpaired) electrons. The third-order valence-electron chi connectivity index (χ3n) is 16.2. The van der Waals surface area contributed by atoms with Gasteiger partial charge < -0.3 is 89.9 Å². The van der Waals surface area contributed by atoms with Crippen LogP contribution in [0.25, 0.3) is 0 Å². The highest BCUT2D eigenvalue weighted by Gasteiger charge is 2.53. The number of hydrogen-bond acceptors (Lipinski definition) is 18. The first kappa shape index (κ1) is 78.2. The number of carbonyl (C=O) groups excluding carboxylic acids is 1. The molecule has 0 aromatic heterocycles. The molecule has 3 fully saturated rings. The van der Waals surface area contributed by atoms with E-state index in [2.05, 4.69) is 92.1 Å². The van der Waals surface area contributed by atoms with Gasteiger partial charge in [0.25, 0.3) is 0 Å². The second kappa shape index (κ2) is 49.6. The van der Waals surface area contributed by atoms with Gasteiger partial charge in [-0.15, -0.1) is 0 Å². The number of ether oxygens (including phenoxy) is 6. The second-order valence-electron chi connectivity index (χ2n) is 23.6. The van der Waals surface area contributed by atoms with Crippen LogP contribution in [0.2, 0.25) is 0 Å². The molecule has 3 aliphatic heterocycles. The Bertz CT molecular complexity index is 1910. The quantitative estimate of drug-likeness (QED) is 0.0203. The van der Waals surface area contributed by atoms with Crippen LogP contribution >= 0.6 is 0 Å². The molecule has 0 saturated carbocycles. The van der Waals surface area contributed by atoms with Gasteiger partial charge in [0.15, 0.2) is 18.9 Å². The van der Waals surface area contributed by atoms with E-state index >= 15 is 0 Å². The van der Waals surface area contributed by atoms with E-state index in [-0.39, 0.29) is 18.9 Å². The van der Waals surface area contributed by atoms with Crippen molar-refractivity contribution in [3.63, 3.8) is 0 Å². The van der Waals surface area contributed by atoms with E-state index in [1.165, 1.54) is 103 Å². The fraction of sp³-hybridized carbons (Fsp3) is 0.779. The van der Waals surface area contributed by atoms with E-state index in [4.69, 9.17) is 28.4 Å². The lowest BCUT2D eigenvalue weighted by Gasteiger charge is -2.48. The topological polar surface area (TPSA) is 307 Å². The summed E-state index contributed by atoms with van der Waals surface area (Å²) in [6.07, 6.45) is 35.5. The van der Waals surface area contributed by atoms with Crippen LogP contribution in [-0.2, 0) is 33.2 Å². The standard InChI is InChI=1S/C68H117NO18/c1-3-5-7-9-11-13-15-17-19-21-23-25-27-29-31-33-35-37-39-41-43-45-52(73)51(69-56(74)46-44-42-40-38-36-34-32-30-28-26-24-22-20-18-16-14-12-10-8-6-4-2)50-82-66-62(80)59(77)64(54(48-71)84-66)87-68-63(81)60(78)65(55(49-72)85-68)86-67-61(79)58(76)57(75)53(47-70)83-67/h6,8,12,14,18,20,24,26,30,32,36,38,43,45,51-55,57-68,70-73,75-81H,3-5,7,9-11,13,15-17,19,21-23,25,27-29,31,33-35,37,39-42,44,46-50H2,1-2H3,(H,69,74)/b8-6-,14-12-,20-18-,26-24-,32-30-,38-36-,45-43+. The van der Waals surface area contributed by atoms with Gasteiger partial charge in [-0.05, 0) is 70.6 Å². The van der Waals surface area contributed by atoms with Crippen molar-refractivity contribution in [3.8, 4) is 0 Å². The zero-order valence-corrected chi connectivity index (χ0v) is 52.7. The highest BCUT2D eigenvalue weighted by molar-refractivity contribution is 5.76. The minimum Gasteiger partial charge on any atom is -0.394 e. The summed E-state index contributed by atoms with van der Waals surface area (Å²) in [5.41, 5.74) is 0. The first-order chi connectivity index (χ1) is 42.3. The molecule has 502 valence electrons. The molecular weight excluding hydrogens is 1120 g/mol. The number of aliphatic hydroxyl groups is 11. The van der Waals surface area contributed by atoms with E-state index in [1.807, 2.05) is 6.08 Å². The van der Waals surface area contributed by atoms with E-state index in [1.54, 1.807) is 6.08 Å². The molecule has 19 nitrogen and oxygen atoms in total. The van der Waals surface area contributed by atoms with Gasteiger partial charge in [-0.2, -0.15) is 0 Å². The second-order valence-corrected chi connectivity index (χ2v) is 23.6. The molecule has 3 heterocycles. The third-order valence-corrected chi connectivity index (χ3v) is 16.2. The van der Waals surface area contributed by atoms with Crippen LogP contribution in [0.1, 0.15) is 206 Å². The van der Waals surface area contributed by atoms with Crippen molar-refractivity contribution in [2.45, 2.75) is 311 Å². The first-order valence-electron chi connectivity index (χ1n) is 33.3. The van der Waals surface area contributed by atoms with Crippen molar-refractivity contribution in [2.24, 2.45) is 0 Å². The number of amides is 1. The van der Waals surface area contributed by atoms with Gasteiger partial charge in [0, 0.05) is 6.42 Å². The maximum absolute atomic E-state index is 13.4. The fourth-order valence-electron chi connectivity index (χ4n) is 10.8. The minimum atomic E-state index is -1.99. The number of hydrogen-bond donors (Lipinski definition) is 12. The van der Waals surface area contributed by atoms with Gasteiger partial charge in [0.05, 0.1) is 38.6 Å². The Labute approximate surface area is 520 Å². The highest BCUT2D eigenvalue weighted by atomic mass is 16.8. The molecule has 3 rings (SSSR count). The van der Waals surface area contributed by atoms with Gasteiger partial charge in [0.1, 0.15) is 73.2 Å². The number of allylic oxidation sites excluding steroid dienone is 13. The Morgan fingerprint density at radius 2 is 0.793 bits per heavy atom. The molecule has 17 atom stereocenters. The van der Waals surface area contributed by atoms with Gasteiger partial charge in [-0.25, -0.2) is 0 Å². The van der Waals surface area contributed by atoms with Crippen molar-refractivity contribution in [1.82, 2.24) is 5.32 Å². The zero-order valence-electron chi connectivity index (χ0n) is 52.7. The molecule has 0 aromatic rings. The summed E-state index contributed by atoms with van der Waals surface area (Å²) in [4.78, 5) is 13.4. The number of unbranched alkanes of at least 4 members (excludes halogenated alkanes) is 21. The molecule has 87 heavy (non-hydrogen) atoms. The summed E-state index contributed by atoms with van der Waals surface area (Å²) in [6.45, 7) is 1.58. The molecule has 0 aromatic carbocycles. The number of rotatable bonds is 49. The summed E-state index contributed by atoms with van der Waals surface area (Å²) in [6, 6.07) is -1.00. The van der Waals surface area contributed by atoms with Gasteiger partial charge in [-0.1, -0.05) is 214 Å². The highest BCUT2D eigenvalue weighted by Crippen LogP contribution is 2.33. The molecule has 3 aliphatic rings. The van der Waals surface area contributed by atoms with Gasteiger partial charge in [-0.3, -0.25) is 4.79 Å². The molecule has 0 aliphatic carbocycles. The van der Waals surface area contributed by atoms with Crippen LogP contribution < -0.4 is 5.32 Å². The predicted octanol–water partition coefficient (Wildman–Crippen LogP) is 7.93. The minimum absolute atomic E-state index is 0.184. The van der Waals surface area contributed by atoms with Crippen molar-refractivity contribution < 1.29 is 89.4 Å². The summed E-state index contributed by atoms with van der Waals surface area (Å²) in [5.74, 6) is -0.320. The molecule has 19 heteroatoms. The van der Waals surface area contributed by atoms with Gasteiger partial charge >= 0.3 is 0 Å². The molecule has 1 amide bonds. The molecule has 17 unspecified atom stereocenters. The third kappa shape index (κ3) is 32.2. The van der Waals surface area contributed by atoms with Crippen LogP contribution in [0.3, 0.4) is 0 Å². The smallest absolute Gasteiger partial charge is 0.220 e. The zero-order chi connectivity index (χ0) is 63.3. The van der Waals surface area contributed by atoms with Crippen molar-refractivity contribution >= 4 is 5.91 Å². The normalized spacial score (nSPS) is 29.1. The number of nitrogens with one attached hydrogen (secondary N) is 1. The maximum atomic E-state index is 13.4. The fourth-order valence-corrected chi connectivity index (χ4v) is 10.8. The lowest BCUT2D eigenvalue weighted by Crippen LogP contribution is -2.66. The summed E-state index contributed by atoms with van der Waals surface area (Å²) in [5, 5.41) is 120. The summed E-state index contributed by atoms with van der Waals surface area (Å²) < 4.78 is 34.3. The number of aliphatic hydroxyl groups excluding tert-OH is 11. The Kier molecular flexibility index (Phi) is 44.6. The average molecular weight is 1240 g/mol. The molecule has 3 saturated heterocycles. The maximum Gasteiger partial charge on any atom is 0.220 e. The van der Waals surface area contributed by atoms with Crippen molar-refractivity contribution in [3.05, 3.63) is 85.1 Å². The Morgan fingerprint density at radius 3 is 1.24 bits per heavy atom. The SMILES string of the molecule is CC/C=C\C/C=C\C/C=C\C/C=C\C/C=C\C/C=C\CCCCC(=O)NC(COC1OC(CO)C(OC2OC(CO)C(OC3OC(CO)C(O)C(O)C3O)C(O)C2O)C(O)C1O)C(O)/C=C/CCCCCCCCCCCCCCCCCCCCC. The number of carbonyl (C=O) groups is 1. The van der Waals surface area contributed by atoms with Crippen LogP contribution in [0.4, 0.5) is 0 Å². The van der Waals surface area contributed by atoms with E-state index in [9.17, 15) is 61.0 Å². The Balaban J connectivity index is 1.49. The molecule has 0 spiro atoms. The van der Waals surface area contributed by atoms with Gasteiger partial charge in [0.2, 0.25) is 5.91 Å². The van der Waals surface area contributed by atoms with Crippen molar-refractivity contribution in [2.75, 3.05) is 26.4 Å². The van der Waals surface area contributed by atoms with Crippen molar-refractivity contribution in [1.29, 1.82) is 0 Å². The molecule has 12 N–H and O–H groups in total. The Morgan fingerprint density at radius 1 is 0.425 bits per heavy atom. The van der Waals surface area contributed by atoms with Crippen LogP contribution in [0.5, 0.6) is 0 Å². The lowest BCUT2D eigenvalue weighted by atomic mass is 9.96. The lowest BCUT2D eigenvalue weighted by molar-refractivity contribution is -0.379. The average Bonchev–Trinajstić information content (AvgIpc) is 2.40. The predicted molar refractivity (Wildman–Crippen MR) is 337 cm³/mol. The van der Waals surface area contributed by atoms with Crippen LogP contribution in [-0.4, -0.2) is 193 Å². The molecule has 0 bridgehead atoms. The van der Waals surface area contributed by atoms with E-state index in [0.29, 0.717) is 6.42 Å². The van der Waals surface area contributed by atoms with Crippen LogP contribution in [0, 0.1) is 0 Å². The first-order valence-corrected chi connectivity index (χ1v) is 33.3. The Hall–Kier alpha value is -3.03. The summed E-state index contributed by atoms with van der Waals surface area (Å²) in [7, 11) is 0. The monoisotopic (exact) mass is 1240 g/mol. The summed E-state index contributed by atoms with van der Waals surface area (Å²) >= 11 is 0. The van der Waals surface area contributed by atoms with Crippen LogP contribution in [0.15, 0.2) is 85.1 Å². The van der Waals surface area contributed by atoms with E-state index < -0.39 is 124 Å². The van der Waals surface area contributed by atoms with E-state index in [0.717, 1.165) is 77.0 Å². The largest absolute Gasteiger partial charge is 0.394 e.